The molecule has 2 rings (SSSR count). The summed E-state index contributed by atoms with van der Waals surface area (Å²) in [5, 5.41) is 8.62. The summed E-state index contributed by atoms with van der Waals surface area (Å²) in [6.45, 7) is 0. The standard InChI is InChI=1S/C11H7N3O/c12-7-8-1-3-9(4-2-8)10-11(15)14-6-5-13-10/h1-6H,(H,14,15). The summed E-state index contributed by atoms with van der Waals surface area (Å²) < 4.78 is 0. The van der Waals surface area contributed by atoms with Crippen molar-refractivity contribution in [2.45, 2.75) is 0 Å². The molecule has 0 atom stereocenters. The highest BCUT2D eigenvalue weighted by atomic mass is 16.1. The predicted octanol–water partition coefficient (Wildman–Crippen LogP) is 1.31. The fourth-order valence-corrected chi connectivity index (χ4v) is 1.26. The van der Waals surface area contributed by atoms with Crippen LogP contribution in [0.3, 0.4) is 0 Å². The van der Waals surface area contributed by atoms with Gasteiger partial charge in [-0.05, 0) is 12.1 Å². The summed E-state index contributed by atoms with van der Waals surface area (Å²) in [7, 11) is 0. The second kappa shape index (κ2) is 3.76. The van der Waals surface area contributed by atoms with Gasteiger partial charge in [0.1, 0.15) is 5.69 Å². The van der Waals surface area contributed by atoms with Gasteiger partial charge in [-0.2, -0.15) is 5.26 Å². The maximum absolute atomic E-state index is 11.4. The van der Waals surface area contributed by atoms with Crippen LogP contribution in [0.25, 0.3) is 11.3 Å². The molecule has 1 N–H and O–H groups in total. The van der Waals surface area contributed by atoms with Crippen LogP contribution in [-0.2, 0) is 0 Å². The van der Waals surface area contributed by atoms with Crippen molar-refractivity contribution in [1.82, 2.24) is 9.97 Å². The molecule has 0 aliphatic carbocycles. The van der Waals surface area contributed by atoms with Crippen LogP contribution in [0.4, 0.5) is 0 Å². The van der Waals surface area contributed by atoms with Crippen molar-refractivity contribution in [3.8, 4) is 17.3 Å². The van der Waals surface area contributed by atoms with Gasteiger partial charge in [0.25, 0.3) is 5.56 Å². The Hall–Kier alpha value is -2.41. The second-order valence-electron chi connectivity index (χ2n) is 2.96. The summed E-state index contributed by atoms with van der Waals surface area (Å²) in [6, 6.07) is 8.74. The largest absolute Gasteiger partial charge is 0.326 e. The second-order valence-corrected chi connectivity index (χ2v) is 2.96. The highest BCUT2D eigenvalue weighted by Gasteiger charge is 2.02. The molecule has 0 aliphatic rings. The normalized spacial score (nSPS) is 9.53. The Morgan fingerprint density at radius 3 is 2.60 bits per heavy atom. The minimum atomic E-state index is -0.234. The molecule has 0 amide bonds. The fourth-order valence-electron chi connectivity index (χ4n) is 1.26. The number of benzene rings is 1. The van der Waals surface area contributed by atoms with Gasteiger partial charge in [-0.3, -0.25) is 4.79 Å². The Kier molecular flexibility index (Phi) is 2.30. The number of hydrogen-bond acceptors (Lipinski definition) is 3. The van der Waals surface area contributed by atoms with Crippen LogP contribution in [0.2, 0.25) is 0 Å². The van der Waals surface area contributed by atoms with Crippen molar-refractivity contribution >= 4 is 0 Å². The van der Waals surface area contributed by atoms with E-state index in [1.54, 1.807) is 24.3 Å². The molecule has 15 heavy (non-hydrogen) atoms. The van der Waals surface area contributed by atoms with Crippen molar-refractivity contribution in [1.29, 1.82) is 5.26 Å². The van der Waals surface area contributed by atoms with Gasteiger partial charge in [0.05, 0.1) is 11.6 Å². The van der Waals surface area contributed by atoms with Gasteiger partial charge in [0, 0.05) is 18.0 Å². The summed E-state index contributed by atoms with van der Waals surface area (Å²) in [5.41, 5.74) is 1.39. The number of nitrogens with one attached hydrogen (secondary N) is 1. The SMILES string of the molecule is N#Cc1ccc(-c2ncc[nH]c2=O)cc1. The Bertz CT molecular complexity index is 563. The zero-order valence-electron chi connectivity index (χ0n) is 7.77. The topological polar surface area (TPSA) is 69.5 Å². The molecule has 0 fully saturated rings. The maximum Gasteiger partial charge on any atom is 0.274 e. The number of hydrogen-bond donors (Lipinski definition) is 1. The lowest BCUT2D eigenvalue weighted by Crippen LogP contribution is -2.09. The molecular formula is C11H7N3O. The fraction of sp³-hybridized carbons (Fsp3) is 0. The van der Waals surface area contributed by atoms with Crippen LogP contribution in [0.5, 0.6) is 0 Å². The Morgan fingerprint density at radius 2 is 2.00 bits per heavy atom. The molecular weight excluding hydrogens is 190 g/mol. The average molecular weight is 197 g/mol. The molecule has 0 unspecified atom stereocenters. The van der Waals surface area contributed by atoms with E-state index in [1.165, 1.54) is 12.4 Å². The van der Waals surface area contributed by atoms with E-state index >= 15 is 0 Å². The molecule has 0 radical (unpaired) electrons. The summed E-state index contributed by atoms with van der Waals surface area (Å²) in [5.74, 6) is 0. The monoisotopic (exact) mass is 197 g/mol. The van der Waals surface area contributed by atoms with Gasteiger partial charge in [0.2, 0.25) is 0 Å². The molecule has 0 spiro atoms. The lowest BCUT2D eigenvalue weighted by molar-refractivity contribution is 1.14. The van der Waals surface area contributed by atoms with E-state index in [9.17, 15) is 4.79 Å². The lowest BCUT2D eigenvalue weighted by Gasteiger charge is -1.98. The third kappa shape index (κ3) is 1.76. The molecule has 2 aromatic rings. The molecule has 0 saturated carbocycles. The van der Waals surface area contributed by atoms with E-state index in [2.05, 4.69) is 9.97 Å². The molecule has 4 nitrogen and oxygen atoms in total. The average Bonchev–Trinajstić information content (AvgIpc) is 2.30. The first kappa shape index (κ1) is 9.16. The number of H-pyrrole nitrogens is 1. The quantitative estimate of drug-likeness (QED) is 0.749. The minimum absolute atomic E-state index is 0.234. The van der Waals surface area contributed by atoms with Gasteiger partial charge < -0.3 is 4.98 Å². The van der Waals surface area contributed by atoms with Crippen LogP contribution in [-0.4, -0.2) is 9.97 Å². The van der Waals surface area contributed by atoms with Crippen LogP contribution < -0.4 is 5.56 Å². The third-order valence-electron chi connectivity index (χ3n) is 2.00. The zero-order chi connectivity index (χ0) is 10.7. The Balaban J connectivity index is 2.52. The highest BCUT2D eigenvalue weighted by molar-refractivity contribution is 5.58. The van der Waals surface area contributed by atoms with E-state index in [1.807, 2.05) is 6.07 Å². The number of rotatable bonds is 1. The van der Waals surface area contributed by atoms with E-state index in [0.717, 1.165) is 0 Å². The molecule has 72 valence electrons. The summed E-state index contributed by atoms with van der Waals surface area (Å²) in [4.78, 5) is 17.9. The third-order valence-corrected chi connectivity index (χ3v) is 2.00. The lowest BCUT2D eigenvalue weighted by atomic mass is 10.1. The minimum Gasteiger partial charge on any atom is -0.326 e. The molecule has 1 aromatic heterocycles. The van der Waals surface area contributed by atoms with Crippen LogP contribution >= 0.6 is 0 Å². The van der Waals surface area contributed by atoms with Crippen molar-refractivity contribution in [3.05, 3.63) is 52.6 Å². The molecule has 0 saturated heterocycles. The van der Waals surface area contributed by atoms with E-state index in [4.69, 9.17) is 5.26 Å². The Labute approximate surface area is 85.8 Å². The Morgan fingerprint density at radius 1 is 1.27 bits per heavy atom. The first-order valence-electron chi connectivity index (χ1n) is 4.35. The maximum atomic E-state index is 11.4. The highest BCUT2D eigenvalue weighted by Crippen LogP contribution is 2.12. The summed E-state index contributed by atoms with van der Waals surface area (Å²) >= 11 is 0. The number of nitrogens with zero attached hydrogens (tertiary/aromatic N) is 2. The van der Waals surface area contributed by atoms with Gasteiger partial charge in [-0.15, -0.1) is 0 Å². The number of aromatic nitrogens is 2. The van der Waals surface area contributed by atoms with E-state index in [-0.39, 0.29) is 5.56 Å². The molecule has 1 aromatic carbocycles. The van der Waals surface area contributed by atoms with E-state index in [0.29, 0.717) is 16.8 Å². The van der Waals surface area contributed by atoms with Crippen molar-refractivity contribution in [2.24, 2.45) is 0 Å². The van der Waals surface area contributed by atoms with Crippen LogP contribution in [0.1, 0.15) is 5.56 Å². The number of nitriles is 1. The number of aromatic amines is 1. The van der Waals surface area contributed by atoms with Gasteiger partial charge in [-0.1, -0.05) is 12.1 Å². The molecule has 0 bridgehead atoms. The molecule has 0 aliphatic heterocycles. The zero-order valence-corrected chi connectivity index (χ0v) is 7.77. The van der Waals surface area contributed by atoms with Crippen molar-refractivity contribution in [3.63, 3.8) is 0 Å². The first-order chi connectivity index (χ1) is 7.31. The van der Waals surface area contributed by atoms with Crippen molar-refractivity contribution in [2.75, 3.05) is 0 Å². The smallest absolute Gasteiger partial charge is 0.274 e. The van der Waals surface area contributed by atoms with Crippen LogP contribution in [0, 0.1) is 11.3 Å². The molecule has 4 heteroatoms. The van der Waals surface area contributed by atoms with Gasteiger partial charge in [-0.25, -0.2) is 4.98 Å². The van der Waals surface area contributed by atoms with E-state index < -0.39 is 0 Å². The summed E-state index contributed by atoms with van der Waals surface area (Å²) in [6.07, 6.45) is 3.00. The molecule has 1 heterocycles. The first-order valence-corrected chi connectivity index (χ1v) is 4.35. The van der Waals surface area contributed by atoms with Crippen LogP contribution in [0.15, 0.2) is 41.5 Å². The van der Waals surface area contributed by atoms with Gasteiger partial charge in [0.15, 0.2) is 0 Å². The predicted molar refractivity (Wildman–Crippen MR) is 55.0 cm³/mol. The van der Waals surface area contributed by atoms with Gasteiger partial charge >= 0.3 is 0 Å². The van der Waals surface area contributed by atoms with Crippen molar-refractivity contribution < 1.29 is 0 Å².